The van der Waals surface area contributed by atoms with Crippen molar-refractivity contribution in [1.82, 2.24) is 14.8 Å². The standard InChI is InChI=1S/C23H15ClF3N5O2S/c24-14-11-32(10-12-5-2-1-3-6-12)31-20(14)30-21(33)19-18(28)17-13(15-7-4-8-34-15)9-16(23(25,26)27)29-22(17)35-19/h1-9,11H,10,28H2,(H,30,31,33). The van der Waals surface area contributed by atoms with Gasteiger partial charge in [0.05, 0.1) is 18.5 Å². The Balaban J connectivity index is 1.50. The van der Waals surface area contributed by atoms with Gasteiger partial charge in [-0.3, -0.25) is 9.48 Å². The van der Waals surface area contributed by atoms with Crippen molar-refractivity contribution in [3.63, 3.8) is 0 Å². The van der Waals surface area contributed by atoms with Crippen LogP contribution >= 0.6 is 22.9 Å². The molecule has 35 heavy (non-hydrogen) atoms. The number of amides is 1. The first-order valence-electron chi connectivity index (χ1n) is 10.1. The van der Waals surface area contributed by atoms with E-state index in [1.54, 1.807) is 16.9 Å². The number of nitrogens with zero attached hydrogens (tertiary/aromatic N) is 3. The average Bonchev–Trinajstić information content (AvgIpc) is 3.54. The predicted octanol–water partition coefficient (Wildman–Crippen LogP) is 6.31. The van der Waals surface area contributed by atoms with E-state index in [2.05, 4.69) is 15.4 Å². The number of alkyl halides is 3. The molecule has 0 aliphatic heterocycles. The number of pyridine rings is 1. The van der Waals surface area contributed by atoms with Gasteiger partial charge in [0.2, 0.25) is 0 Å². The fraction of sp³-hybridized carbons (Fsp3) is 0.0870. The molecule has 5 aromatic rings. The Morgan fingerprint density at radius 2 is 1.97 bits per heavy atom. The number of fused-ring (bicyclic) bond motifs is 1. The highest BCUT2D eigenvalue weighted by Gasteiger charge is 2.35. The minimum Gasteiger partial charge on any atom is -0.464 e. The highest BCUT2D eigenvalue weighted by atomic mass is 35.5. The van der Waals surface area contributed by atoms with Gasteiger partial charge in [-0.15, -0.1) is 11.3 Å². The Bertz CT molecular complexity index is 1530. The molecule has 4 aromatic heterocycles. The number of nitrogen functional groups attached to an aromatic ring is 1. The van der Waals surface area contributed by atoms with Crippen LogP contribution in [0.1, 0.15) is 20.9 Å². The summed E-state index contributed by atoms with van der Waals surface area (Å²) in [5, 5.41) is 7.28. The quantitative estimate of drug-likeness (QED) is 0.285. The summed E-state index contributed by atoms with van der Waals surface area (Å²) < 4.78 is 47.3. The zero-order valence-corrected chi connectivity index (χ0v) is 19.2. The number of thiophene rings is 1. The molecule has 0 aliphatic rings. The number of halogens is 4. The second-order valence-corrected chi connectivity index (χ2v) is 8.92. The zero-order chi connectivity index (χ0) is 24.7. The number of carbonyl (C=O) groups excluding carboxylic acids is 1. The first kappa shape index (κ1) is 22.9. The van der Waals surface area contributed by atoms with Crippen LogP contribution in [0.3, 0.4) is 0 Å². The molecule has 0 saturated carbocycles. The fourth-order valence-corrected chi connectivity index (χ4v) is 4.77. The lowest BCUT2D eigenvalue weighted by Gasteiger charge is -2.08. The van der Waals surface area contributed by atoms with E-state index in [-0.39, 0.29) is 42.9 Å². The number of aromatic nitrogens is 3. The van der Waals surface area contributed by atoms with Gasteiger partial charge in [-0.1, -0.05) is 41.9 Å². The molecule has 12 heteroatoms. The summed E-state index contributed by atoms with van der Waals surface area (Å²) >= 11 is 6.99. The van der Waals surface area contributed by atoms with E-state index < -0.39 is 17.8 Å². The normalized spacial score (nSPS) is 11.8. The second-order valence-electron chi connectivity index (χ2n) is 7.52. The van der Waals surface area contributed by atoms with Gasteiger partial charge in [-0.05, 0) is 23.8 Å². The van der Waals surface area contributed by atoms with Crippen LogP contribution in [-0.4, -0.2) is 20.7 Å². The lowest BCUT2D eigenvalue weighted by molar-refractivity contribution is -0.140. The molecule has 7 nitrogen and oxygen atoms in total. The topological polar surface area (TPSA) is 99.0 Å². The molecule has 1 aromatic carbocycles. The van der Waals surface area contributed by atoms with Crippen molar-refractivity contribution in [2.24, 2.45) is 0 Å². The molecule has 5 rings (SSSR count). The number of nitrogens with two attached hydrogens (primary N) is 1. The summed E-state index contributed by atoms with van der Waals surface area (Å²) in [4.78, 5) is 16.7. The number of furan rings is 1. The Morgan fingerprint density at radius 3 is 2.66 bits per heavy atom. The van der Waals surface area contributed by atoms with Gasteiger partial charge in [0.1, 0.15) is 26.2 Å². The largest absolute Gasteiger partial charge is 0.464 e. The number of hydrogen-bond acceptors (Lipinski definition) is 6. The van der Waals surface area contributed by atoms with Crippen molar-refractivity contribution in [3.8, 4) is 11.3 Å². The highest BCUT2D eigenvalue weighted by molar-refractivity contribution is 7.21. The van der Waals surface area contributed by atoms with Crippen LogP contribution in [0.4, 0.5) is 24.7 Å². The minimum absolute atomic E-state index is 0.0186. The molecule has 0 radical (unpaired) electrons. The lowest BCUT2D eigenvalue weighted by atomic mass is 10.1. The second kappa shape index (κ2) is 8.75. The number of anilines is 2. The highest BCUT2D eigenvalue weighted by Crippen LogP contribution is 2.42. The Labute approximate surface area is 204 Å². The smallest absolute Gasteiger partial charge is 0.433 e. The van der Waals surface area contributed by atoms with Crippen molar-refractivity contribution in [2.45, 2.75) is 12.7 Å². The third kappa shape index (κ3) is 4.47. The van der Waals surface area contributed by atoms with Gasteiger partial charge in [0.15, 0.2) is 5.82 Å². The molecule has 4 heterocycles. The Hall–Kier alpha value is -3.83. The summed E-state index contributed by atoms with van der Waals surface area (Å²) in [6.07, 6.45) is -1.81. The summed E-state index contributed by atoms with van der Waals surface area (Å²) in [5.41, 5.74) is 6.17. The van der Waals surface area contributed by atoms with Crippen LogP contribution in [0.5, 0.6) is 0 Å². The van der Waals surface area contributed by atoms with Crippen molar-refractivity contribution < 1.29 is 22.4 Å². The number of nitrogens with one attached hydrogen (secondary N) is 1. The molecular weight excluding hydrogens is 503 g/mol. The van der Waals surface area contributed by atoms with Crippen molar-refractivity contribution in [3.05, 3.63) is 82.1 Å². The number of rotatable bonds is 5. The SMILES string of the molecule is Nc1c(C(=O)Nc2nn(Cc3ccccc3)cc2Cl)sc2nc(C(F)(F)F)cc(-c3ccco3)c12. The average molecular weight is 518 g/mol. The van der Waals surface area contributed by atoms with Gasteiger partial charge >= 0.3 is 6.18 Å². The van der Waals surface area contributed by atoms with Crippen LogP contribution in [0.15, 0.2) is 65.4 Å². The monoisotopic (exact) mass is 517 g/mol. The Morgan fingerprint density at radius 1 is 1.20 bits per heavy atom. The van der Waals surface area contributed by atoms with Crippen molar-refractivity contribution in [2.75, 3.05) is 11.1 Å². The summed E-state index contributed by atoms with van der Waals surface area (Å²) in [5.74, 6) is -0.405. The number of benzene rings is 1. The summed E-state index contributed by atoms with van der Waals surface area (Å²) in [6, 6.07) is 13.4. The number of carbonyl (C=O) groups is 1. The molecule has 0 fully saturated rings. The van der Waals surface area contributed by atoms with Crippen LogP contribution in [0.2, 0.25) is 5.02 Å². The van der Waals surface area contributed by atoms with Gasteiger partial charge in [-0.2, -0.15) is 18.3 Å². The molecule has 0 bridgehead atoms. The van der Waals surface area contributed by atoms with E-state index in [0.29, 0.717) is 6.54 Å². The zero-order valence-electron chi connectivity index (χ0n) is 17.6. The van der Waals surface area contributed by atoms with E-state index >= 15 is 0 Å². The molecule has 3 N–H and O–H groups in total. The van der Waals surface area contributed by atoms with Gasteiger partial charge in [0.25, 0.3) is 5.91 Å². The van der Waals surface area contributed by atoms with E-state index in [1.807, 2.05) is 30.3 Å². The summed E-state index contributed by atoms with van der Waals surface area (Å²) in [7, 11) is 0. The minimum atomic E-state index is -4.70. The molecule has 1 amide bonds. The molecule has 0 spiro atoms. The van der Waals surface area contributed by atoms with E-state index in [1.165, 1.54) is 12.3 Å². The van der Waals surface area contributed by atoms with Gasteiger partial charge < -0.3 is 15.5 Å². The third-order valence-electron chi connectivity index (χ3n) is 5.12. The van der Waals surface area contributed by atoms with Crippen LogP contribution in [0.25, 0.3) is 21.5 Å². The predicted molar refractivity (Wildman–Crippen MR) is 127 cm³/mol. The maximum atomic E-state index is 13.5. The van der Waals surface area contributed by atoms with Crippen molar-refractivity contribution >= 4 is 50.6 Å². The van der Waals surface area contributed by atoms with E-state index in [0.717, 1.165) is 23.0 Å². The van der Waals surface area contributed by atoms with Gasteiger partial charge in [0, 0.05) is 17.1 Å². The molecule has 0 unspecified atom stereocenters. The Kier molecular flexibility index (Phi) is 5.73. The van der Waals surface area contributed by atoms with E-state index in [4.69, 9.17) is 21.8 Å². The maximum Gasteiger partial charge on any atom is 0.433 e. The van der Waals surface area contributed by atoms with Gasteiger partial charge in [-0.25, -0.2) is 4.98 Å². The summed E-state index contributed by atoms with van der Waals surface area (Å²) in [6.45, 7) is 0.429. The number of hydrogen-bond donors (Lipinski definition) is 2. The molecule has 0 aliphatic carbocycles. The third-order valence-corrected chi connectivity index (χ3v) is 6.49. The molecular formula is C23H15ClF3N5O2S. The van der Waals surface area contributed by atoms with Crippen LogP contribution in [0, 0.1) is 0 Å². The first-order chi connectivity index (χ1) is 16.7. The fourth-order valence-electron chi connectivity index (χ4n) is 3.56. The molecule has 178 valence electrons. The van der Waals surface area contributed by atoms with Crippen LogP contribution in [-0.2, 0) is 12.7 Å². The van der Waals surface area contributed by atoms with E-state index in [9.17, 15) is 18.0 Å². The maximum absolute atomic E-state index is 13.5. The van der Waals surface area contributed by atoms with Crippen molar-refractivity contribution in [1.29, 1.82) is 0 Å². The molecule has 0 atom stereocenters. The first-order valence-corrected chi connectivity index (χ1v) is 11.3. The molecule has 0 saturated heterocycles. The van der Waals surface area contributed by atoms with Crippen LogP contribution < -0.4 is 11.1 Å². The lowest BCUT2D eigenvalue weighted by Crippen LogP contribution is -2.13.